The van der Waals surface area contributed by atoms with Crippen molar-refractivity contribution in [3.8, 4) is 0 Å². The van der Waals surface area contributed by atoms with Crippen LogP contribution in [0, 0.1) is 5.82 Å². The van der Waals surface area contributed by atoms with E-state index < -0.39 is 34.4 Å². The maximum atomic E-state index is 14.0. The van der Waals surface area contributed by atoms with Crippen LogP contribution in [0.2, 0.25) is 0 Å². The Bertz CT molecular complexity index is 652. The van der Waals surface area contributed by atoms with Crippen LogP contribution >= 0.6 is 0 Å². The third kappa shape index (κ3) is 5.11. The van der Waals surface area contributed by atoms with E-state index >= 15 is 0 Å². The number of carbonyl (C=O) groups excluding carboxylic acids is 3. The number of hydrogen-bond acceptors (Lipinski definition) is 5. The molecule has 0 N–H and O–H groups in total. The lowest BCUT2D eigenvalue weighted by atomic mass is 9.81. The summed E-state index contributed by atoms with van der Waals surface area (Å²) in [5.74, 6) is -2.54. The molecule has 0 aliphatic rings. The summed E-state index contributed by atoms with van der Waals surface area (Å²) in [6, 6.07) is 3.54. The van der Waals surface area contributed by atoms with E-state index in [0.717, 1.165) is 6.07 Å². The van der Waals surface area contributed by atoms with Crippen LogP contribution < -0.4 is 0 Å². The van der Waals surface area contributed by atoms with E-state index in [1.807, 2.05) is 0 Å². The van der Waals surface area contributed by atoms with Gasteiger partial charge in [0.25, 0.3) is 0 Å². The molecule has 0 saturated carbocycles. The van der Waals surface area contributed by atoms with Crippen molar-refractivity contribution >= 4 is 18.2 Å². The third-order valence-corrected chi connectivity index (χ3v) is 3.32. The molecule has 0 fully saturated rings. The first-order chi connectivity index (χ1) is 11.2. The largest absolute Gasteiger partial charge is 0.459 e. The minimum atomic E-state index is -1.87. The molecule has 0 spiro atoms. The molecule has 0 atom stereocenters. The summed E-state index contributed by atoms with van der Waals surface area (Å²) in [6.07, 6.45) is 0.359. The Labute approximate surface area is 147 Å². The third-order valence-electron chi connectivity index (χ3n) is 3.32. The maximum Gasteiger partial charge on any atom is 0.328 e. The Morgan fingerprint density at radius 2 is 1.36 bits per heavy atom. The second-order valence-electron chi connectivity index (χ2n) is 7.98. The summed E-state index contributed by atoms with van der Waals surface area (Å²) in [5, 5.41) is 0. The lowest BCUT2D eigenvalue weighted by Crippen LogP contribution is -2.48. The Morgan fingerprint density at radius 3 is 1.68 bits per heavy atom. The van der Waals surface area contributed by atoms with Crippen molar-refractivity contribution in [3.63, 3.8) is 0 Å². The molecule has 1 aromatic carbocycles. The smallest absolute Gasteiger partial charge is 0.328 e. The molecule has 25 heavy (non-hydrogen) atoms. The Balaban J connectivity index is 3.46. The molecule has 0 saturated heterocycles. The van der Waals surface area contributed by atoms with E-state index in [1.54, 1.807) is 41.5 Å². The SMILES string of the molecule is CC(C)(C)OC(=O)C(C)(C(=O)OC(C)(C)C)c1ccc(C=O)c(F)c1. The molecule has 0 aliphatic heterocycles. The average Bonchev–Trinajstić information content (AvgIpc) is 2.42. The van der Waals surface area contributed by atoms with Crippen molar-refractivity contribution in [2.45, 2.75) is 65.1 Å². The van der Waals surface area contributed by atoms with Crippen molar-refractivity contribution < 1.29 is 28.2 Å². The fraction of sp³-hybridized carbons (Fsp3) is 0.526. The van der Waals surface area contributed by atoms with Gasteiger partial charge in [-0.15, -0.1) is 0 Å². The highest BCUT2D eigenvalue weighted by Crippen LogP contribution is 2.32. The number of halogens is 1. The standard InChI is InChI=1S/C19H25FO5/c1-17(2,3)24-15(22)19(7,16(23)25-18(4,5)6)13-9-8-12(11-21)14(20)10-13/h8-11H,1-7H3. The van der Waals surface area contributed by atoms with Crippen LogP contribution in [-0.4, -0.2) is 29.4 Å². The molecular formula is C19H25FO5. The second kappa shape index (κ2) is 6.94. The van der Waals surface area contributed by atoms with Gasteiger partial charge in [-0.1, -0.05) is 6.07 Å². The summed E-state index contributed by atoms with van der Waals surface area (Å²) in [5.41, 5.74) is -3.68. The van der Waals surface area contributed by atoms with E-state index in [2.05, 4.69) is 0 Å². The van der Waals surface area contributed by atoms with Crippen molar-refractivity contribution in [3.05, 3.63) is 35.1 Å². The minimum absolute atomic E-state index is 0.0547. The Kier molecular flexibility index (Phi) is 5.78. The predicted octanol–water partition coefficient (Wildman–Crippen LogP) is 3.58. The number of rotatable bonds is 4. The molecule has 6 heteroatoms. The minimum Gasteiger partial charge on any atom is -0.459 e. The van der Waals surface area contributed by atoms with Crippen LogP contribution in [0.1, 0.15) is 64.4 Å². The highest BCUT2D eigenvalue weighted by Gasteiger charge is 2.49. The molecule has 1 rings (SSSR count). The molecule has 0 aromatic heterocycles. The van der Waals surface area contributed by atoms with Gasteiger partial charge >= 0.3 is 11.9 Å². The summed E-state index contributed by atoms with van der Waals surface area (Å²) >= 11 is 0. The van der Waals surface area contributed by atoms with Gasteiger partial charge in [-0.2, -0.15) is 0 Å². The van der Waals surface area contributed by atoms with Crippen LogP contribution in [0.5, 0.6) is 0 Å². The quantitative estimate of drug-likeness (QED) is 0.471. The first kappa shape index (κ1) is 20.8. The normalized spacial score (nSPS) is 12.5. The maximum absolute atomic E-state index is 14.0. The van der Waals surface area contributed by atoms with Gasteiger partial charge in [0.15, 0.2) is 11.7 Å². The van der Waals surface area contributed by atoms with Gasteiger partial charge in [0.1, 0.15) is 17.0 Å². The van der Waals surface area contributed by atoms with E-state index in [-0.39, 0.29) is 11.1 Å². The average molecular weight is 352 g/mol. The number of carbonyl (C=O) groups is 3. The number of aldehydes is 1. The van der Waals surface area contributed by atoms with Crippen molar-refractivity contribution in [1.82, 2.24) is 0 Å². The Morgan fingerprint density at radius 1 is 0.920 bits per heavy atom. The van der Waals surface area contributed by atoms with E-state index in [1.165, 1.54) is 19.1 Å². The number of benzene rings is 1. The summed E-state index contributed by atoms with van der Waals surface area (Å²) in [7, 11) is 0. The van der Waals surface area contributed by atoms with Gasteiger partial charge < -0.3 is 9.47 Å². The molecular weight excluding hydrogens is 327 g/mol. The first-order valence-corrected chi connectivity index (χ1v) is 7.93. The zero-order valence-corrected chi connectivity index (χ0v) is 15.7. The molecule has 1 aromatic rings. The first-order valence-electron chi connectivity index (χ1n) is 7.93. The molecule has 0 radical (unpaired) electrons. The van der Waals surface area contributed by atoms with E-state index in [4.69, 9.17) is 9.47 Å². The lowest BCUT2D eigenvalue weighted by Gasteiger charge is -2.32. The molecule has 0 bridgehead atoms. The van der Waals surface area contributed by atoms with Crippen LogP contribution in [0.4, 0.5) is 4.39 Å². The summed E-state index contributed by atoms with van der Waals surface area (Å²) in [4.78, 5) is 36.3. The fourth-order valence-corrected chi connectivity index (χ4v) is 2.01. The van der Waals surface area contributed by atoms with Gasteiger partial charge in [-0.25, -0.2) is 4.39 Å². The number of ether oxygens (including phenoxy) is 2. The van der Waals surface area contributed by atoms with Gasteiger partial charge in [-0.3, -0.25) is 14.4 Å². The van der Waals surface area contributed by atoms with Crippen LogP contribution in [0.3, 0.4) is 0 Å². The van der Waals surface area contributed by atoms with Crippen LogP contribution in [0.25, 0.3) is 0 Å². The second-order valence-corrected chi connectivity index (χ2v) is 7.98. The monoisotopic (exact) mass is 352 g/mol. The number of hydrogen-bond donors (Lipinski definition) is 0. The van der Waals surface area contributed by atoms with Crippen LogP contribution in [0.15, 0.2) is 18.2 Å². The summed E-state index contributed by atoms with van der Waals surface area (Å²) in [6.45, 7) is 11.3. The zero-order chi connectivity index (χ0) is 19.6. The van der Waals surface area contributed by atoms with E-state index in [9.17, 15) is 18.8 Å². The summed E-state index contributed by atoms with van der Waals surface area (Å²) < 4.78 is 24.8. The highest BCUT2D eigenvalue weighted by molar-refractivity contribution is 6.06. The van der Waals surface area contributed by atoms with Gasteiger partial charge in [0.2, 0.25) is 0 Å². The lowest BCUT2D eigenvalue weighted by molar-refractivity contribution is -0.176. The van der Waals surface area contributed by atoms with Crippen molar-refractivity contribution in [2.75, 3.05) is 0 Å². The van der Waals surface area contributed by atoms with Crippen molar-refractivity contribution in [1.29, 1.82) is 0 Å². The molecule has 138 valence electrons. The van der Waals surface area contributed by atoms with Gasteiger partial charge in [0, 0.05) is 0 Å². The zero-order valence-electron chi connectivity index (χ0n) is 15.7. The topological polar surface area (TPSA) is 69.7 Å². The van der Waals surface area contributed by atoms with Crippen molar-refractivity contribution in [2.24, 2.45) is 0 Å². The number of esters is 2. The Hall–Kier alpha value is -2.24. The molecule has 0 heterocycles. The molecule has 0 aliphatic carbocycles. The fourth-order valence-electron chi connectivity index (χ4n) is 2.01. The van der Waals surface area contributed by atoms with Gasteiger partial charge in [-0.05, 0) is 66.2 Å². The molecule has 5 nitrogen and oxygen atoms in total. The predicted molar refractivity (Wildman–Crippen MR) is 90.8 cm³/mol. The van der Waals surface area contributed by atoms with Crippen LogP contribution in [-0.2, 0) is 24.5 Å². The highest BCUT2D eigenvalue weighted by atomic mass is 19.1. The van der Waals surface area contributed by atoms with Gasteiger partial charge in [0.05, 0.1) is 5.56 Å². The van der Waals surface area contributed by atoms with E-state index in [0.29, 0.717) is 6.29 Å². The molecule has 0 amide bonds. The molecule has 0 unspecified atom stereocenters.